The maximum absolute atomic E-state index is 11.9. The molecule has 0 saturated carbocycles. The number of ketones is 1. The van der Waals surface area contributed by atoms with Crippen molar-refractivity contribution in [2.45, 2.75) is 12.8 Å². The SMILES string of the molecule is COc1cc(C(=O)C2=COCCC2)sn1. The summed E-state index contributed by atoms with van der Waals surface area (Å²) in [6.07, 6.45) is 3.23. The zero-order valence-corrected chi connectivity index (χ0v) is 9.17. The predicted molar refractivity (Wildman–Crippen MR) is 56.3 cm³/mol. The minimum absolute atomic E-state index is 0.00417. The van der Waals surface area contributed by atoms with Crippen molar-refractivity contribution in [2.75, 3.05) is 13.7 Å². The number of aromatic nitrogens is 1. The summed E-state index contributed by atoms with van der Waals surface area (Å²) in [5.74, 6) is 0.483. The van der Waals surface area contributed by atoms with E-state index in [2.05, 4.69) is 4.37 Å². The van der Waals surface area contributed by atoms with Gasteiger partial charge in [0, 0.05) is 11.6 Å². The molecule has 0 bridgehead atoms. The highest BCUT2D eigenvalue weighted by atomic mass is 32.1. The number of Topliss-reactive ketones (excluding diaryl/α,β-unsaturated/α-hetero) is 1. The molecule has 0 amide bonds. The van der Waals surface area contributed by atoms with Crippen LogP contribution in [0.3, 0.4) is 0 Å². The average molecular weight is 225 g/mol. The van der Waals surface area contributed by atoms with Gasteiger partial charge in [-0.25, -0.2) is 0 Å². The van der Waals surface area contributed by atoms with Gasteiger partial charge in [0.1, 0.15) is 0 Å². The Hall–Kier alpha value is -1.36. The molecule has 1 aromatic heterocycles. The van der Waals surface area contributed by atoms with E-state index in [0.29, 0.717) is 22.9 Å². The minimum Gasteiger partial charge on any atom is -0.501 e. The molecular weight excluding hydrogens is 214 g/mol. The summed E-state index contributed by atoms with van der Waals surface area (Å²) in [7, 11) is 1.53. The number of allylic oxidation sites excluding steroid dienone is 1. The quantitative estimate of drug-likeness (QED) is 0.738. The maximum atomic E-state index is 11.9. The first-order chi connectivity index (χ1) is 7.31. The second-order valence-corrected chi connectivity index (χ2v) is 3.99. The van der Waals surface area contributed by atoms with Crippen LogP contribution in [-0.4, -0.2) is 23.9 Å². The van der Waals surface area contributed by atoms with Crippen LogP contribution < -0.4 is 4.74 Å². The molecule has 2 rings (SSSR count). The molecule has 0 aliphatic carbocycles. The smallest absolute Gasteiger partial charge is 0.225 e. The van der Waals surface area contributed by atoms with Gasteiger partial charge in [0.2, 0.25) is 11.7 Å². The summed E-state index contributed by atoms with van der Waals surface area (Å²) in [4.78, 5) is 12.5. The summed E-state index contributed by atoms with van der Waals surface area (Å²) in [5.41, 5.74) is 0.715. The van der Waals surface area contributed by atoms with Crippen LogP contribution >= 0.6 is 11.5 Å². The number of ether oxygens (including phenoxy) is 2. The van der Waals surface area contributed by atoms with Crippen molar-refractivity contribution >= 4 is 17.3 Å². The molecule has 4 nitrogen and oxygen atoms in total. The van der Waals surface area contributed by atoms with Gasteiger partial charge in [-0.15, -0.1) is 0 Å². The van der Waals surface area contributed by atoms with E-state index in [1.54, 1.807) is 12.3 Å². The van der Waals surface area contributed by atoms with Crippen LogP contribution in [0.15, 0.2) is 17.9 Å². The van der Waals surface area contributed by atoms with E-state index < -0.39 is 0 Å². The van der Waals surface area contributed by atoms with Gasteiger partial charge < -0.3 is 9.47 Å². The topological polar surface area (TPSA) is 48.4 Å². The molecule has 0 N–H and O–H groups in total. The van der Waals surface area contributed by atoms with Crippen LogP contribution in [0.4, 0.5) is 0 Å². The lowest BCUT2D eigenvalue weighted by Crippen LogP contribution is -2.07. The average Bonchev–Trinajstić information content (AvgIpc) is 2.78. The first-order valence-electron chi connectivity index (χ1n) is 4.67. The molecule has 0 spiro atoms. The highest BCUT2D eigenvalue weighted by molar-refractivity contribution is 7.08. The highest BCUT2D eigenvalue weighted by Gasteiger charge is 2.18. The minimum atomic E-state index is -0.00417. The molecule has 0 atom stereocenters. The van der Waals surface area contributed by atoms with Gasteiger partial charge in [0.15, 0.2) is 0 Å². The van der Waals surface area contributed by atoms with Crippen LogP contribution in [0.5, 0.6) is 5.88 Å². The monoisotopic (exact) mass is 225 g/mol. The zero-order chi connectivity index (χ0) is 10.7. The van der Waals surface area contributed by atoms with E-state index in [0.717, 1.165) is 24.4 Å². The molecule has 1 aliphatic rings. The van der Waals surface area contributed by atoms with Crippen LogP contribution in [0, 0.1) is 0 Å². The molecule has 80 valence electrons. The van der Waals surface area contributed by atoms with E-state index in [1.165, 1.54) is 7.11 Å². The maximum Gasteiger partial charge on any atom is 0.225 e. The Morgan fingerprint density at radius 3 is 3.13 bits per heavy atom. The summed E-state index contributed by atoms with van der Waals surface area (Å²) in [5, 5.41) is 0. The molecule has 5 heteroatoms. The van der Waals surface area contributed by atoms with Gasteiger partial charge in [-0.3, -0.25) is 4.79 Å². The van der Waals surface area contributed by atoms with Crippen molar-refractivity contribution in [3.05, 3.63) is 22.8 Å². The van der Waals surface area contributed by atoms with Gasteiger partial charge in [0.05, 0.1) is 24.9 Å². The van der Waals surface area contributed by atoms with Crippen molar-refractivity contribution in [1.82, 2.24) is 4.37 Å². The van der Waals surface area contributed by atoms with Gasteiger partial charge in [-0.1, -0.05) is 0 Å². The second-order valence-electron chi connectivity index (χ2n) is 3.18. The van der Waals surface area contributed by atoms with Gasteiger partial charge >= 0.3 is 0 Å². The standard InChI is InChI=1S/C10H11NO3S/c1-13-9-5-8(15-11-9)10(12)7-3-2-4-14-6-7/h5-6H,2-4H2,1H3. The van der Waals surface area contributed by atoms with Crippen molar-refractivity contribution in [3.8, 4) is 5.88 Å². The molecule has 0 radical (unpaired) electrons. The van der Waals surface area contributed by atoms with E-state index in [-0.39, 0.29) is 5.78 Å². The lowest BCUT2D eigenvalue weighted by molar-refractivity contribution is 0.101. The Morgan fingerprint density at radius 1 is 1.67 bits per heavy atom. The van der Waals surface area contributed by atoms with E-state index in [9.17, 15) is 4.79 Å². The van der Waals surface area contributed by atoms with Gasteiger partial charge in [-0.05, 0) is 24.4 Å². The third kappa shape index (κ3) is 2.18. The first-order valence-corrected chi connectivity index (χ1v) is 5.44. The second kappa shape index (κ2) is 4.44. The van der Waals surface area contributed by atoms with Gasteiger partial charge in [-0.2, -0.15) is 4.37 Å². The summed E-state index contributed by atoms with van der Waals surface area (Å²) in [6.45, 7) is 0.697. The fraction of sp³-hybridized carbons (Fsp3) is 0.400. The van der Waals surface area contributed by atoms with Gasteiger partial charge in [0.25, 0.3) is 0 Å². The van der Waals surface area contributed by atoms with Crippen LogP contribution in [-0.2, 0) is 4.74 Å². The summed E-state index contributed by atoms with van der Waals surface area (Å²) < 4.78 is 14.0. The Labute approximate surface area is 91.7 Å². The molecule has 0 unspecified atom stereocenters. The number of carbonyl (C=O) groups excluding carboxylic acids is 1. The van der Waals surface area contributed by atoms with Crippen LogP contribution in [0.2, 0.25) is 0 Å². The molecule has 0 saturated heterocycles. The largest absolute Gasteiger partial charge is 0.501 e. The third-order valence-electron chi connectivity index (χ3n) is 2.15. The highest BCUT2D eigenvalue weighted by Crippen LogP contribution is 2.23. The first kappa shape index (κ1) is 10.2. The third-order valence-corrected chi connectivity index (χ3v) is 2.92. The molecule has 15 heavy (non-hydrogen) atoms. The summed E-state index contributed by atoms with van der Waals surface area (Å²) in [6, 6.07) is 1.66. The van der Waals surface area contributed by atoms with E-state index >= 15 is 0 Å². The zero-order valence-electron chi connectivity index (χ0n) is 8.36. The molecule has 1 aromatic rings. The van der Waals surface area contributed by atoms with Crippen molar-refractivity contribution in [2.24, 2.45) is 0 Å². The Bertz CT molecular complexity index is 397. The predicted octanol–water partition coefficient (Wildman–Crippen LogP) is 2.03. The Kier molecular flexibility index (Phi) is 3.01. The fourth-order valence-corrected chi connectivity index (χ4v) is 2.03. The van der Waals surface area contributed by atoms with Crippen LogP contribution in [0.1, 0.15) is 22.5 Å². The van der Waals surface area contributed by atoms with Crippen LogP contribution in [0.25, 0.3) is 0 Å². The fourth-order valence-electron chi connectivity index (χ4n) is 1.35. The lowest BCUT2D eigenvalue weighted by Gasteiger charge is -2.11. The number of nitrogens with zero attached hydrogens (tertiary/aromatic N) is 1. The summed E-state index contributed by atoms with van der Waals surface area (Å²) >= 11 is 1.15. The van der Waals surface area contributed by atoms with E-state index in [4.69, 9.17) is 9.47 Å². The number of carbonyl (C=O) groups is 1. The molecule has 0 aromatic carbocycles. The van der Waals surface area contributed by atoms with E-state index in [1.807, 2.05) is 0 Å². The van der Waals surface area contributed by atoms with Crippen molar-refractivity contribution in [3.63, 3.8) is 0 Å². The molecular formula is C10H11NO3S. The number of rotatable bonds is 3. The molecule has 0 fully saturated rings. The number of hydrogen-bond acceptors (Lipinski definition) is 5. The van der Waals surface area contributed by atoms with Crippen molar-refractivity contribution < 1.29 is 14.3 Å². The van der Waals surface area contributed by atoms with Crippen molar-refractivity contribution in [1.29, 1.82) is 0 Å². The Morgan fingerprint density at radius 2 is 2.53 bits per heavy atom. The Balaban J connectivity index is 2.16. The normalized spacial score (nSPS) is 15.4. The molecule has 1 aliphatic heterocycles. The number of methoxy groups -OCH3 is 1. The number of hydrogen-bond donors (Lipinski definition) is 0. The molecule has 2 heterocycles. The lowest BCUT2D eigenvalue weighted by atomic mass is 10.1.